The van der Waals surface area contributed by atoms with Gasteiger partial charge >= 0.3 is 13.6 Å². The highest BCUT2D eigenvalue weighted by Gasteiger charge is 2.27. The molecule has 130 valence electrons. The van der Waals surface area contributed by atoms with Crippen LogP contribution in [0.3, 0.4) is 0 Å². The third-order valence-electron chi connectivity index (χ3n) is 2.98. The van der Waals surface area contributed by atoms with Gasteiger partial charge in [-0.2, -0.15) is 0 Å². The van der Waals surface area contributed by atoms with Crippen LogP contribution >= 0.6 is 7.60 Å². The van der Waals surface area contributed by atoms with Gasteiger partial charge in [0.15, 0.2) is 6.35 Å². The standard InChI is InChI=1S/C15H24NO6P/c1-10(14(17)22-15(2,3)4)13(16)11-5-7-12(8-6-11)21-9-23(18,19)20/h5-8,10,13H,9,16H2,1-4H3,(H2,18,19,20). The maximum atomic E-state index is 12.0. The number of carbonyl (C=O) groups excluding carboxylic acids is 1. The van der Waals surface area contributed by atoms with Gasteiger partial charge in [0.2, 0.25) is 0 Å². The summed E-state index contributed by atoms with van der Waals surface area (Å²) in [4.78, 5) is 29.6. The highest BCUT2D eigenvalue weighted by atomic mass is 31.2. The molecule has 4 N–H and O–H groups in total. The van der Waals surface area contributed by atoms with Crippen LogP contribution in [0.1, 0.15) is 39.3 Å². The van der Waals surface area contributed by atoms with E-state index in [1.165, 1.54) is 0 Å². The van der Waals surface area contributed by atoms with E-state index in [9.17, 15) is 9.36 Å². The molecule has 0 bridgehead atoms. The Balaban J connectivity index is 2.71. The van der Waals surface area contributed by atoms with Crippen LogP contribution in [0.5, 0.6) is 5.75 Å². The number of nitrogens with two attached hydrogens (primary N) is 1. The van der Waals surface area contributed by atoms with Crippen LogP contribution in [0.15, 0.2) is 24.3 Å². The van der Waals surface area contributed by atoms with Crippen LogP contribution in [0.2, 0.25) is 0 Å². The zero-order chi connectivity index (χ0) is 17.8. The van der Waals surface area contributed by atoms with Crippen LogP contribution in [-0.2, 0) is 14.1 Å². The average Bonchev–Trinajstić information content (AvgIpc) is 2.41. The molecule has 1 aromatic rings. The fourth-order valence-corrected chi connectivity index (χ4v) is 2.09. The third kappa shape index (κ3) is 7.14. The number of esters is 1. The van der Waals surface area contributed by atoms with E-state index in [1.54, 1.807) is 52.0 Å². The van der Waals surface area contributed by atoms with Gasteiger partial charge in [-0.25, -0.2) is 0 Å². The molecule has 2 unspecified atom stereocenters. The molecule has 0 aliphatic rings. The molecule has 7 nitrogen and oxygen atoms in total. The van der Waals surface area contributed by atoms with E-state index in [4.69, 9.17) is 25.0 Å². The van der Waals surface area contributed by atoms with Crippen LogP contribution in [-0.4, -0.2) is 27.7 Å². The molecular weight excluding hydrogens is 321 g/mol. The monoisotopic (exact) mass is 345 g/mol. The van der Waals surface area contributed by atoms with Gasteiger partial charge in [0.1, 0.15) is 11.4 Å². The summed E-state index contributed by atoms with van der Waals surface area (Å²) in [6, 6.07) is 5.85. The van der Waals surface area contributed by atoms with Gasteiger partial charge in [-0.15, -0.1) is 0 Å². The summed E-state index contributed by atoms with van der Waals surface area (Å²) in [7, 11) is -4.22. The lowest BCUT2D eigenvalue weighted by Crippen LogP contribution is -2.33. The van der Waals surface area contributed by atoms with Gasteiger partial charge in [-0.1, -0.05) is 19.1 Å². The van der Waals surface area contributed by atoms with E-state index >= 15 is 0 Å². The minimum Gasteiger partial charge on any atom is -0.481 e. The first kappa shape index (κ1) is 19.6. The van der Waals surface area contributed by atoms with E-state index in [0.717, 1.165) is 0 Å². The maximum absolute atomic E-state index is 12.0. The molecule has 0 aliphatic heterocycles. The molecule has 0 aromatic heterocycles. The molecule has 0 fully saturated rings. The van der Waals surface area contributed by atoms with E-state index < -0.39 is 31.5 Å². The SMILES string of the molecule is CC(C(=O)OC(C)(C)C)C(N)c1ccc(OCP(=O)(O)O)cc1. The number of rotatable bonds is 6. The second-order valence-electron chi connectivity index (χ2n) is 6.36. The highest BCUT2D eigenvalue weighted by molar-refractivity contribution is 7.51. The van der Waals surface area contributed by atoms with Crippen molar-refractivity contribution in [1.29, 1.82) is 0 Å². The summed E-state index contributed by atoms with van der Waals surface area (Å²) in [5, 5.41) is 0. The lowest BCUT2D eigenvalue weighted by atomic mass is 9.95. The minimum absolute atomic E-state index is 0.314. The number of hydrogen-bond acceptors (Lipinski definition) is 5. The molecule has 0 aliphatic carbocycles. The van der Waals surface area contributed by atoms with Gasteiger partial charge in [0.05, 0.1) is 5.92 Å². The summed E-state index contributed by atoms with van der Waals surface area (Å²) in [5.74, 6) is -0.600. The van der Waals surface area contributed by atoms with E-state index in [-0.39, 0.29) is 5.97 Å². The first-order valence-electron chi connectivity index (χ1n) is 7.15. The first-order chi connectivity index (χ1) is 10.4. The Kier molecular flexibility index (Phi) is 6.36. The molecular formula is C15H24NO6P. The van der Waals surface area contributed by atoms with Crippen LogP contribution < -0.4 is 10.5 Å². The lowest BCUT2D eigenvalue weighted by Gasteiger charge is -2.25. The minimum atomic E-state index is -4.22. The second-order valence-corrected chi connectivity index (χ2v) is 7.94. The molecule has 0 saturated heterocycles. The van der Waals surface area contributed by atoms with Crippen molar-refractivity contribution in [1.82, 2.24) is 0 Å². The zero-order valence-corrected chi connectivity index (χ0v) is 14.6. The summed E-state index contributed by atoms with van der Waals surface area (Å²) < 4.78 is 21.1. The van der Waals surface area contributed by atoms with Crippen molar-refractivity contribution in [2.45, 2.75) is 39.3 Å². The molecule has 2 atom stereocenters. The zero-order valence-electron chi connectivity index (χ0n) is 13.7. The Morgan fingerprint density at radius 1 is 1.26 bits per heavy atom. The van der Waals surface area contributed by atoms with Gasteiger partial charge in [0.25, 0.3) is 0 Å². The van der Waals surface area contributed by atoms with Crippen molar-refractivity contribution in [3.05, 3.63) is 29.8 Å². The summed E-state index contributed by atoms with van der Waals surface area (Å²) >= 11 is 0. The molecule has 0 amide bonds. The second kappa shape index (κ2) is 7.45. The highest BCUT2D eigenvalue weighted by Crippen LogP contribution is 2.34. The molecule has 1 aromatic carbocycles. The van der Waals surface area contributed by atoms with Crippen LogP contribution in [0.4, 0.5) is 0 Å². The van der Waals surface area contributed by atoms with Crippen molar-refractivity contribution in [3.8, 4) is 5.75 Å². The normalized spacial score (nSPS) is 14.9. The van der Waals surface area contributed by atoms with Gasteiger partial charge in [0, 0.05) is 6.04 Å². The van der Waals surface area contributed by atoms with Crippen molar-refractivity contribution in [2.24, 2.45) is 11.7 Å². The molecule has 0 saturated carbocycles. The summed E-state index contributed by atoms with van der Waals surface area (Å²) in [6.45, 7) is 7.06. The maximum Gasteiger partial charge on any atom is 0.362 e. The van der Waals surface area contributed by atoms with Gasteiger partial charge in [-0.05, 0) is 38.5 Å². The van der Waals surface area contributed by atoms with Crippen molar-refractivity contribution >= 4 is 13.6 Å². The Morgan fingerprint density at radius 3 is 2.22 bits per heavy atom. The fourth-order valence-electron chi connectivity index (χ4n) is 1.77. The third-order valence-corrected chi connectivity index (χ3v) is 3.45. The predicted octanol–water partition coefficient (Wildman–Crippen LogP) is 2.18. The fraction of sp³-hybridized carbons (Fsp3) is 0.533. The van der Waals surface area contributed by atoms with Crippen molar-refractivity contribution in [3.63, 3.8) is 0 Å². The number of hydrogen-bond donors (Lipinski definition) is 3. The topological polar surface area (TPSA) is 119 Å². The molecule has 0 spiro atoms. The van der Waals surface area contributed by atoms with E-state index in [1.807, 2.05) is 0 Å². The van der Waals surface area contributed by atoms with E-state index in [0.29, 0.717) is 11.3 Å². The van der Waals surface area contributed by atoms with E-state index in [2.05, 4.69) is 0 Å². The smallest absolute Gasteiger partial charge is 0.362 e. The number of ether oxygens (including phenoxy) is 2. The Bertz CT molecular complexity index is 575. The Morgan fingerprint density at radius 2 is 1.78 bits per heavy atom. The lowest BCUT2D eigenvalue weighted by molar-refractivity contribution is -0.160. The quantitative estimate of drug-likeness (QED) is 0.534. The van der Waals surface area contributed by atoms with Crippen LogP contribution in [0, 0.1) is 5.92 Å². The average molecular weight is 345 g/mol. The van der Waals surface area contributed by atoms with Gasteiger partial charge in [-0.3, -0.25) is 9.36 Å². The Labute approximate surface area is 135 Å². The van der Waals surface area contributed by atoms with Crippen LogP contribution in [0.25, 0.3) is 0 Å². The number of benzene rings is 1. The molecule has 0 heterocycles. The summed E-state index contributed by atoms with van der Waals surface area (Å²) in [6.07, 6.45) is -0.688. The molecule has 1 rings (SSSR count). The molecule has 23 heavy (non-hydrogen) atoms. The van der Waals surface area contributed by atoms with Gasteiger partial charge < -0.3 is 25.0 Å². The van der Waals surface area contributed by atoms with Crippen molar-refractivity contribution < 1.29 is 28.6 Å². The van der Waals surface area contributed by atoms with Crippen molar-refractivity contribution in [2.75, 3.05) is 6.35 Å². The largest absolute Gasteiger partial charge is 0.481 e. The molecule has 0 radical (unpaired) electrons. The molecule has 8 heteroatoms. The number of carbonyl (C=O) groups is 1. The predicted molar refractivity (Wildman–Crippen MR) is 85.9 cm³/mol. The summed E-state index contributed by atoms with van der Waals surface area (Å²) in [5.41, 5.74) is 6.21. The Hall–Kier alpha value is -1.40. The first-order valence-corrected chi connectivity index (χ1v) is 8.94.